The quantitative estimate of drug-likeness (QED) is 0.327. The van der Waals surface area contributed by atoms with Crippen LogP contribution in [0.2, 0.25) is 0 Å². The molecule has 0 aliphatic heterocycles. The van der Waals surface area contributed by atoms with Crippen molar-refractivity contribution in [2.45, 2.75) is 50.9 Å². The molecule has 0 unspecified atom stereocenters. The van der Waals surface area contributed by atoms with Crippen LogP contribution >= 0.6 is 0 Å². The summed E-state index contributed by atoms with van der Waals surface area (Å²) >= 11 is 0. The number of aromatic nitrogens is 2. The average Bonchev–Trinajstić information content (AvgIpc) is 2.96. The van der Waals surface area contributed by atoms with Gasteiger partial charge in [-0.3, -0.25) is 4.79 Å². The van der Waals surface area contributed by atoms with Crippen molar-refractivity contribution < 1.29 is 42.1 Å². The number of aryl methyl sites for hydroxylation is 1. The maximum Gasteiger partial charge on any atom is 0.490 e. The molecule has 0 radical (unpaired) electrons. The summed E-state index contributed by atoms with van der Waals surface area (Å²) in [7, 11) is 8.60. The number of anilines is 2. The van der Waals surface area contributed by atoms with E-state index in [1.165, 1.54) is 26.9 Å². The van der Waals surface area contributed by atoms with Crippen LogP contribution in [0.5, 0.6) is 17.2 Å². The molecule has 14 heteroatoms. The topological polar surface area (TPSA) is 135 Å². The number of halogens is 3. The van der Waals surface area contributed by atoms with Crippen molar-refractivity contribution in [2.75, 3.05) is 45.6 Å². The van der Waals surface area contributed by atoms with Crippen molar-refractivity contribution in [1.82, 2.24) is 15.3 Å². The minimum Gasteiger partial charge on any atom is -0.493 e. The number of nitrogens with one attached hydrogen (secondary N) is 2. The lowest BCUT2D eigenvalue weighted by atomic mass is 9.91. The number of hydrogen-bond donors (Lipinski definition) is 3. The third-order valence-corrected chi connectivity index (χ3v) is 6.82. The third kappa shape index (κ3) is 8.52. The molecule has 43 heavy (non-hydrogen) atoms. The highest BCUT2D eigenvalue weighted by molar-refractivity contribution is 5.96. The number of hydrogen-bond acceptors (Lipinski definition) is 9. The van der Waals surface area contributed by atoms with E-state index >= 15 is 0 Å². The molecule has 1 aliphatic carbocycles. The standard InChI is InChI=1S/C27H35N5O4.C2HF3O2/c1-16-7-12-21-20(13-16)25(32(2)3)31-27(30-21)29-19-10-8-18(9-11-19)28-26(33)17-14-22(34-4)24(36-6)23(15-17)35-5;3-2(4,5)1(6)7/h7,12-15,18-19H,8-11H2,1-6H3,(H,28,33)(H,29,30,31);(H,6,7). The van der Waals surface area contributed by atoms with Crippen molar-refractivity contribution in [2.24, 2.45) is 0 Å². The lowest BCUT2D eigenvalue weighted by molar-refractivity contribution is -0.192. The zero-order valence-electron chi connectivity index (χ0n) is 24.8. The van der Waals surface area contributed by atoms with Crippen LogP contribution in [-0.2, 0) is 4.79 Å². The number of carboxylic acids is 1. The summed E-state index contributed by atoms with van der Waals surface area (Å²) in [6, 6.07) is 9.91. The molecule has 11 nitrogen and oxygen atoms in total. The normalized spacial score (nSPS) is 16.4. The number of carbonyl (C=O) groups excluding carboxylic acids is 1. The second-order valence-corrected chi connectivity index (χ2v) is 10.2. The summed E-state index contributed by atoms with van der Waals surface area (Å²) in [5, 5.41) is 14.8. The van der Waals surface area contributed by atoms with Crippen molar-refractivity contribution in [3.05, 3.63) is 41.5 Å². The van der Waals surface area contributed by atoms with Crippen LogP contribution in [0.4, 0.5) is 24.9 Å². The van der Waals surface area contributed by atoms with Gasteiger partial charge in [-0.05, 0) is 56.9 Å². The van der Waals surface area contributed by atoms with Crippen molar-refractivity contribution in [3.8, 4) is 17.2 Å². The molecule has 1 saturated carbocycles. The van der Waals surface area contributed by atoms with E-state index in [1.54, 1.807) is 12.1 Å². The van der Waals surface area contributed by atoms with Gasteiger partial charge >= 0.3 is 12.1 Å². The highest BCUT2D eigenvalue weighted by Crippen LogP contribution is 2.38. The number of methoxy groups -OCH3 is 3. The Morgan fingerprint density at radius 3 is 1.98 bits per heavy atom. The number of alkyl halides is 3. The molecule has 0 atom stereocenters. The van der Waals surface area contributed by atoms with Crippen molar-refractivity contribution in [1.29, 1.82) is 0 Å². The number of ether oxygens (including phenoxy) is 3. The fraction of sp³-hybridized carbons (Fsp3) is 0.448. The molecule has 3 N–H and O–H groups in total. The van der Waals surface area contributed by atoms with E-state index in [9.17, 15) is 18.0 Å². The van der Waals surface area contributed by atoms with Gasteiger partial charge in [-0.25, -0.2) is 9.78 Å². The number of aliphatic carboxylic acids is 1. The molecule has 0 bridgehead atoms. The van der Waals surface area contributed by atoms with Crippen LogP contribution in [0, 0.1) is 6.92 Å². The number of benzene rings is 2. The summed E-state index contributed by atoms with van der Waals surface area (Å²) in [5.74, 6) is 0.00102. The van der Waals surface area contributed by atoms with Crippen LogP contribution < -0.4 is 29.7 Å². The Hall–Kier alpha value is -4.49. The fourth-order valence-electron chi connectivity index (χ4n) is 4.68. The first-order valence-electron chi connectivity index (χ1n) is 13.4. The predicted octanol–water partition coefficient (Wildman–Crippen LogP) is 4.82. The summed E-state index contributed by atoms with van der Waals surface area (Å²) < 4.78 is 47.8. The average molecular weight is 608 g/mol. The monoisotopic (exact) mass is 607 g/mol. The zero-order valence-corrected chi connectivity index (χ0v) is 24.8. The summed E-state index contributed by atoms with van der Waals surface area (Å²) in [5.41, 5.74) is 2.58. The molecule has 234 valence electrons. The molecule has 0 spiro atoms. The van der Waals surface area contributed by atoms with Gasteiger partial charge in [-0.1, -0.05) is 11.6 Å². The number of carboxylic acid groups (broad SMARTS) is 1. The molecule has 1 aliphatic rings. The van der Waals surface area contributed by atoms with Gasteiger partial charge in [0.1, 0.15) is 5.82 Å². The fourth-order valence-corrected chi connectivity index (χ4v) is 4.68. The largest absolute Gasteiger partial charge is 0.493 e. The first-order chi connectivity index (χ1) is 20.3. The minimum atomic E-state index is -5.08. The minimum absolute atomic E-state index is 0.0903. The number of rotatable bonds is 8. The second-order valence-electron chi connectivity index (χ2n) is 10.2. The Balaban J connectivity index is 0.000000646. The predicted molar refractivity (Wildman–Crippen MR) is 156 cm³/mol. The van der Waals surface area contributed by atoms with Gasteiger partial charge in [0.05, 0.1) is 26.8 Å². The molecule has 0 saturated heterocycles. The molecule has 4 rings (SSSR count). The van der Waals surface area contributed by atoms with E-state index in [1.807, 2.05) is 25.1 Å². The number of fused-ring (bicyclic) bond motifs is 1. The molecule has 2 aromatic carbocycles. The van der Waals surface area contributed by atoms with E-state index in [2.05, 4.69) is 29.7 Å². The van der Waals surface area contributed by atoms with E-state index < -0.39 is 12.1 Å². The maximum atomic E-state index is 13.0. The Kier molecular flexibility index (Phi) is 10.8. The Morgan fingerprint density at radius 2 is 1.49 bits per heavy atom. The molecule has 1 fully saturated rings. The highest BCUT2D eigenvalue weighted by atomic mass is 19.4. The Labute approximate surface area is 247 Å². The molecular weight excluding hydrogens is 571 g/mol. The Bertz CT molecular complexity index is 1420. The van der Waals surface area contributed by atoms with E-state index in [0.717, 1.165) is 42.4 Å². The van der Waals surface area contributed by atoms with Gasteiger partial charge in [0.15, 0.2) is 11.5 Å². The van der Waals surface area contributed by atoms with Gasteiger partial charge in [-0.15, -0.1) is 0 Å². The van der Waals surface area contributed by atoms with Gasteiger partial charge < -0.3 is 34.9 Å². The first-order valence-corrected chi connectivity index (χ1v) is 13.4. The van der Waals surface area contributed by atoms with E-state index in [4.69, 9.17) is 34.1 Å². The zero-order chi connectivity index (χ0) is 31.9. The third-order valence-electron chi connectivity index (χ3n) is 6.82. The van der Waals surface area contributed by atoms with Crippen LogP contribution in [0.1, 0.15) is 41.6 Å². The number of nitrogens with zero attached hydrogens (tertiary/aromatic N) is 3. The lowest BCUT2D eigenvalue weighted by Gasteiger charge is -2.30. The summed E-state index contributed by atoms with van der Waals surface area (Å²) in [6.45, 7) is 2.07. The highest BCUT2D eigenvalue weighted by Gasteiger charge is 2.38. The number of amides is 1. The van der Waals surface area contributed by atoms with E-state index in [-0.39, 0.29) is 18.0 Å². The van der Waals surface area contributed by atoms with Crippen LogP contribution in [0.15, 0.2) is 30.3 Å². The van der Waals surface area contributed by atoms with Gasteiger partial charge in [0, 0.05) is 37.1 Å². The number of carbonyl (C=O) groups is 2. The molecule has 1 heterocycles. The second kappa shape index (κ2) is 14.1. The van der Waals surface area contributed by atoms with Crippen molar-refractivity contribution >= 4 is 34.5 Å². The molecular formula is C29H36F3N5O6. The van der Waals surface area contributed by atoms with Crippen molar-refractivity contribution in [3.63, 3.8) is 0 Å². The SMILES string of the molecule is COc1cc(C(=O)NC2CCC(Nc3nc(N(C)C)c4cc(C)ccc4n3)CC2)cc(OC)c1OC.O=C(O)C(F)(F)F. The molecule has 1 aromatic heterocycles. The van der Waals surface area contributed by atoms with Crippen LogP contribution in [-0.4, -0.2) is 80.6 Å². The van der Waals surface area contributed by atoms with Gasteiger partial charge in [0.25, 0.3) is 5.91 Å². The summed E-state index contributed by atoms with van der Waals surface area (Å²) in [4.78, 5) is 33.4. The van der Waals surface area contributed by atoms with Gasteiger partial charge in [-0.2, -0.15) is 18.2 Å². The van der Waals surface area contributed by atoms with Gasteiger partial charge in [0.2, 0.25) is 11.7 Å². The summed E-state index contributed by atoms with van der Waals surface area (Å²) in [6.07, 6.45) is -1.54. The first kappa shape index (κ1) is 33.0. The lowest BCUT2D eigenvalue weighted by Crippen LogP contribution is -2.40. The molecule has 3 aromatic rings. The maximum absolute atomic E-state index is 13.0. The molecule has 1 amide bonds. The Morgan fingerprint density at radius 1 is 0.930 bits per heavy atom. The van der Waals surface area contributed by atoms with E-state index in [0.29, 0.717) is 28.8 Å². The van der Waals surface area contributed by atoms with Crippen LogP contribution in [0.25, 0.3) is 10.9 Å². The van der Waals surface area contributed by atoms with Crippen LogP contribution in [0.3, 0.4) is 0 Å². The smallest absolute Gasteiger partial charge is 0.490 e.